The van der Waals surface area contributed by atoms with Gasteiger partial charge in [-0.3, -0.25) is 4.21 Å². The van der Waals surface area contributed by atoms with Crippen LogP contribution >= 0.6 is 0 Å². The number of rotatable bonds is 4. The molecule has 0 bridgehead atoms. The number of ether oxygens (including phenoxy) is 1. The maximum atomic E-state index is 13.0. The Morgan fingerprint density at radius 3 is 2.83 bits per heavy atom. The zero-order valence-electron chi connectivity index (χ0n) is 9.77. The number of hydrogen-bond donors (Lipinski definition) is 1. The second-order valence-corrected chi connectivity index (χ2v) is 5.87. The molecule has 0 spiro atoms. The van der Waals surface area contributed by atoms with E-state index in [1.165, 1.54) is 6.07 Å². The summed E-state index contributed by atoms with van der Waals surface area (Å²) in [7, 11) is -1.42. The van der Waals surface area contributed by atoms with Crippen LogP contribution in [0.3, 0.4) is 0 Å². The van der Waals surface area contributed by atoms with E-state index in [0.29, 0.717) is 13.2 Å². The summed E-state index contributed by atoms with van der Waals surface area (Å²) in [5, 5.41) is 0. The standard InChI is InChI=1S/C12H15F2NO2S/c13-10-2-1-9(5-11(10)14)18(16)7-12(15)8-3-4-17-6-8/h1-2,5,8,12H,3-4,6-7,15H2. The van der Waals surface area contributed by atoms with Gasteiger partial charge in [-0.1, -0.05) is 0 Å². The molecule has 100 valence electrons. The first kappa shape index (κ1) is 13.6. The predicted molar refractivity (Wildman–Crippen MR) is 64.5 cm³/mol. The van der Waals surface area contributed by atoms with Crippen LogP contribution in [0.1, 0.15) is 6.42 Å². The van der Waals surface area contributed by atoms with E-state index in [2.05, 4.69) is 0 Å². The molecule has 2 N–H and O–H groups in total. The molecule has 1 aliphatic heterocycles. The predicted octanol–water partition coefficient (Wildman–Crippen LogP) is 1.44. The van der Waals surface area contributed by atoms with Crippen LogP contribution in [0.4, 0.5) is 8.78 Å². The summed E-state index contributed by atoms with van der Waals surface area (Å²) >= 11 is 0. The summed E-state index contributed by atoms with van der Waals surface area (Å²) in [6, 6.07) is 3.02. The largest absolute Gasteiger partial charge is 0.381 e. The molecular weight excluding hydrogens is 260 g/mol. The third-order valence-electron chi connectivity index (χ3n) is 3.07. The molecule has 1 fully saturated rings. The smallest absolute Gasteiger partial charge is 0.160 e. The normalized spacial score (nSPS) is 22.9. The molecule has 3 nitrogen and oxygen atoms in total. The molecule has 0 saturated carbocycles. The number of halogens is 2. The molecule has 1 aliphatic rings. The zero-order chi connectivity index (χ0) is 13.1. The lowest BCUT2D eigenvalue weighted by atomic mass is 10.0. The van der Waals surface area contributed by atoms with Gasteiger partial charge in [0.05, 0.1) is 17.4 Å². The average Bonchev–Trinajstić information content (AvgIpc) is 2.86. The topological polar surface area (TPSA) is 52.3 Å². The van der Waals surface area contributed by atoms with Crippen LogP contribution in [0.2, 0.25) is 0 Å². The van der Waals surface area contributed by atoms with Crippen molar-refractivity contribution in [3.63, 3.8) is 0 Å². The Balaban J connectivity index is 2.00. The maximum absolute atomic E-state index is 13.0. The molecule has 1 heterocycles. The molecule has 2 rings (SSSR count). The maximum Gasteiger partial charge on any atom is 0.160 e. The summed E-state index contributed by atoms with van der Waals surface area (Å²) in [5.74, 6) is -1.50. The number of nitrogens with two attached hydrogens (primary N) is 1. The third kappa shape index (κ3) is 3.13. The highest BCUT2D eigenvalue weighted by molar-refractivity contribution is 7.85. The highest BCUT2D eigenvalue weighted by Gasteiger charge is 2.24. The van der Waals surface area contributed by atoms with Gasteiger partial charge in [0.2, 0.25) is 0 Å². The molecule has 0 amide bonds. The van der Waals surface area contributed by atoms with Crippen molar-refractivity contribution in [3.05, 3.63) is 29.8 Å². The number of benzene rings is 1. The van der Waals surface area contributed by atoms with Crippen molar-refractivity contribution in [1.29, 1.82) is 0 Å². The van der Waals surface area contributed by atoms with Crippen LogP contribution < -0.4 is 5.73 Å². The lowest BCUT2D eigenvalue weighted by Gasteiger charge is -2.16. The minimum absolute atomic E-state index is 0.194. The molecule has 0 radical (unpaired) electrons. The van der Waals surface area contributed by atoms with Crippen molar-refractivity contribution < 1.29 is 17.7 Å². The van der Waals surface area contributed by atoms with Gasteiger partial charge in [0, 0.05) is 29.2 Å². The second kappa shape index (κ2) is 5.86. The lowest BCUT2D eigenvalue weighted by molar-refractivity contribution is 0.182. The molecule has 3 atom stereocenters. The van der Waals surface area contributed by atoms with E-state index in [9.17, 15) is 13.0 Å². The average molecular weight is 275 g/mol. The SMILES string of the molecule is NC(CS(=O)c1ccc(F)c(F)c1)C1CCOC1. The Labute approximate surface area is 107 Å². The second-order valence-electron chi connectivity index (χ2n) is 4.38. The van der Waals surface area contributed by atoms with Gasteiger partial charge >= 0.3 is 0 Å². The highest BCUT2D eigenvalue weighted by atomic mass is 32.2. The lowest BCUT2D eigenvalue weighted by Crippen LogP contribution is -2.35. The van der Waals surface area contributed by atoms with Crippen LogP contribution in [0.25, 0.3) is 0 Å². The van der Waals surface area contributed by atoms with Gasteiger partial charge in [0.1, 0.15) is 0 Å². The van der Waals surface area contributed by atoms with Crippen LogP contribution in [0.5, 0.6) is 0 Å². The zero-order valence-corrected chi connectivity index (χ0v) is 10.6. The van der Waals surface area contributed by atoms with E-state index in [1.54, 1.807) is 0 Å². The molecule has 18 heavy (non-hydrogen) atoms. The van der Waals surface area contributed by atoms with Crippen LogP contribution in [-0.2, 0) is 15.5 Å². The molecule has 3 unspecified atom stereocenters. The van der Waals surface area contributed by atoms with E-state index in [1.807, 2.05) is 0 Å². The van der Waals surface area contributed by atoms with Crippen molar-refractivity contribution in [1.82, 2.24) is 0 Å². The third-order valence-corrected chi connectivity index (χ3v) is 4.54. The molecule has 1 aromatic rings. The van der Waals surface area contributed by atoms with E-state index >= 15 is 0 Å². The summed E-state index contributed by atoms with van der Waals surface area (Å²) in [4.78, 5) is 0.267. The fourth-order valence-corrected chi connectivity index (χ4v) is 3.18. The Kier molecular flexibility index (Phi) is 4.42. The molecule has 1 aromatic carbocycles. The van der Waals surface area contributed by atoms with Crippen molar-refractivity contribution in [3.8, 4) is 0 Å². The molecule has 0 aromatic heterocycles. The minimum atomic E-state index is -1.42. The fourth-order valence-electron chi connectivity index (χ4n) is 1.92. The Morgan fingerprint density at radius 2 is 2.22 bits per heavy atom. The van der Waals surface area contributed by atoms with Crippen molar-refractivity contribution >= 4 is 10.8 Å². The van der Waals surface area contributed by atoms with Crippen LogP contribution in [0, 0.1) is 17.6 Å². The highest BCUT2D eigenvalue weighted by Crippen LogP contribution is 2.18. The van der Waals surface area contributed by atoms with Crippen LogP contribution in [-0.4, -0.2) is 29.2 Å². The van der Waals surface area contributed by atoms with Gasteiger partial charge in [-0.15, -0.1) is 0 Å². The minimum Gasteiger partial charge on any atom is -0.381 e. The quantitative estimate of drug-likeness (QED) is 0.904. The molecular formula is C12H15F2NO2S. The Hall–Kier alpha value is -0.850. The van der Waals surface area contributed by atoms with Gasteiger partial charge in [-0.05, 0) is 24.6 Å². The first-order valence-corrected chi connectivity index (χ1v) is 7.06. The van der Waals surface area contributed by atoms with E-state index in [4.69, 9.17) is 10.5 Å². The van der Waals surface area contributed by atoms with Gasteiger partial charge in [0.15, 0.2) is 11.6 Å². The van der Waals surface area contributed by atoms with E-state index in [0.717, 1.165) is 18.6 Å². The monoisotopic (exact) mass is 275 g/mol. The van der Waals surface area contributed by atoms with Crippen LogP contribution in [0.15, 0.2) is 23.1 Å². The summed E-state index contributed by atoms with van der Waals surface area (Å²) < 4.78 is 43.0. The van der Waals surface area contributed by atoms with Gasteiger partial charge < -0.3 is 10.5 Å². The Bertz CT molecular complexity index is 450. The molecule has 0 aliphatic carbocycles. The van der Waals surface area contributed by atoms with Gasteiger partial charge in [-0.2, -0.15) is 0 Å². The summed E-state index contributed by atoms with van der Waals surface area (Å²) in [5.41, 5.74) is 5.94. The Morgan fingerprint density at radius 1 is 1.44 bits per heavy atom. The van der Waals surface area contributed by atoms with Crippen molar-refractivity contribution in [2.24, 2.45) is 11.7 Å². The fraction of sp³-hybridized carbons (Fsp3) is 0.500. The number of hydrogen-bond acceptors (Lipinski definition) is 3. The molecule has 1 saturated heterocycles. The van der Waals surface area contributed by atoms with E-state index < -0.39 is 22.4 Å². The van der Waals surface area contributed by atoms with Gasteiger partial charge in [0.25, 0.3) is 0 Å². The van der Waals surface area contributed by atoms with E-state index in [-0.39, 0.29) is 22.6 Å². The summed E-state index contributed by atoms with van der Waals surface area (Å²) in [6.45, 7) is 1.26. The van der Waals surface area contributed by atoms with Crippen molar-refractivity contribution in [2.75, 3.05) is 19.0 Å². The first-order chi connectivity index (χ1) is 8.58. The first-order valence-electron chi connectivity index (χ1n) is 5.74. The molecule has 6 heteroatoms. The van der Waals surface area contributed by atoms with Gasteiger partial charge in [-0.25, -0.2) is 8.78 Å². The van der Waals surface area contributed by atoms with Crippen molar-refractivity contribution in [2.45, 2.75) is 17.4 Å². The summed E-state index contributed by atoms with van der Waals surface area (Å²) in [6.07, 6.45) is 0.857.